The van der Waals surface area contributed by atoms with E-state index in [1.807, 2.05) is 18.7 Å². The summed E-state index contributed by atoms with van der Waals surface area (Å²) in [6, 6.07) is 8.95. The number of rotatable bonds is 7. The smallest absolute Gasteiger partial charge is 0.225 e. The van der Waals surface area contributed by atoms with Crippen LogP contribution in [0.25, 0.3) is 0 Å². The third kappa shape index (κ3) is 7.90. The van der Waals surface area contributed by atoms with Crippen molar-refractivity contribution in [3.63, 3.8) is 0 Å². The van der Waals surface area contributed by atoms with Crippen LogP contribution < -0.4 is 10.6 Å². The Morgan fingerprint density at radius 1 is 1.16 bits per heavy atom. The van der Waals surface area contributed by atoms with Gasteiger partial charge >= 0.3 is 0 Å². The molecule has 2 aliphatic rings. The van der Waals surface area contributed by atoms with Gasteiger partial charge in [-0.25, -0.2) is 4.99 Å². The summed E-state index contributed by atoms with van der Waals surface area (Å²) >= 11 is 0. The highest BCUT2D eigenvalue weighted by Crippen LogP contribution is 2.20. The monoisotopic (exact) mass is 555 g/mol. The number of amides is 1. The van der Waals surface area contributed by atoms with E-state index in [0.717, 1.165) is 44.5 Å². The number of piperidine rings is 1. The first kappa shape index (κ1) is 26.9. The highest BCUT2D eigenvalue weighted by atomic mass is 127. The zero-order valence-electron chi connectivity index (χ0n) is 20.3. The van der Waals surface area contributed by atoms with Crippen LogP contribution in [0.2, 0.25) is 0 Å². The maximum Gasteiger partial charge on any atom is 0.225 e. The van der Waals surface area contributed by atoms with E-state index >= 15 is 0 Å². The molecule has 2 aliphatic heterocycles. The molecule has 32 heavy (non-hydrogen) atoms. The van der Waals surface area contributed by atoms with Gasteiger partial charge in [0.25, 0.3) is 0 Å². The topological polar surface area (TPSA) is 60.0 Å². The van der Waals surface area contributed by atoms with E-state index in [-0.39, 0.29) is 41.8 Å². The summed E-state index contributed by atoms with van der Waals surface area (Å²) < 4.78 is 0. The average Bonchev–Trinajstić information content (AvgIpc) is 3.21. The van der Waals surface area contributed by atoms with Gasteiger partial charge in [-0.1, -0.05) is 45.0 Å². The van der Waals surface area contributed by atoms with E-state index < -0.39 is 0 Å². The van der Waals surface area contributed by atoms with E-state index in [2.05, 4.69) is 53.6 Å². The molecule has 3 rings (SSSR count). The van der Waals surface area contributed by atoms with Crippen LogP contribution in [0.3, 0.4) is 0 Å². The van der Waals surface area contributed by atoms with Crippen LogP contribution >= 0.6 is 24.0 Å². The van der Waals surface area contributed by atoms with Gasteiger partial charge in [-0.3, -0.25) is 9.69 Å². The molecule has 0 radical (unpaired) electrons. The molecule has 1 aromatic rings. The van der Waals surface area contributed by atoms with Crippen molar-refractivity contribution in [3.05, 3.63) is 35.4 Å². The Bertz CT molecular complexity index is 754. The second-order valence-electron chi connectivity index (χ2n) is 9.52. The second kappa shape index (κ2) is 13.4. The van der Waals surface area contributed by atoms with Gasteiger partial charge in [0.2, 0.25) is 5.91 Å². The number of likely N-dealkylation sites (tertiary alicyclic amines) is 2. The number of nitrogens with zero attached hydrogens (tertiary/aromatic N) is 3. The van der Waals surface area contributed by atoms with E-state index in [0.29, 0.717) is 6.54 Å². The minimum atomic E-state index is 0. The predicted molar refractivity (Wildman–Crippen MR) is 143 cm³/mol. The molecule has 0 aliphatic carbocycles. The Morgan fingerprint density at radius 2 is 1.91 bits per heavy atom. The van der Waals surface area contributed by atoms with Crippen molar-refractivity contribution in [2.75, 3.05) is 32.7 Å². The molecule has 2 heterocycles. The third-order valence-corrected chi connectivity index (χ3v) is 6.34. The van der Waals surface area contributed by atoms with Crippen molar-refractivity contribution in [1.82, 2.24) is 20.4 Å². The minimum absolute atomic E-state index is 0. The predicted octanol–water partition coefficient (Wildman–Crippen LogP) is 3.85. The zero-order valence-corrected chi connectivity index (χ0v) is 22.6. The number of carbonyl (C=O) groups is 1. The van der Waals surface area contributed by atoms with Crippen LogP contribution in [-0.4, -0.2) is 60.4 Å². The van der Waals surface area contributed by atoms with Gasteiger partial charge < -0.3 is 15.5 Å². The lowest BCUT2D eigenvalue weighted by Crippen LogP contribution is -2.45. The highest BCUT2D eigenvalue weighted by Gasteiger charge is 2.28. The number of nitrogens with one attached hydrogen (secondary N) is 2. The lowest BCUT2D eigenvalue weighted by molar-refractivity contribution is -0.133. The summed E-state index contributed by atoms with van der Waals surface area (Å²) in [4.78, 5) is 21.7. The molecule has 1 amide bonds. The SMILES string of the molecule is CCNC(=NCc1ccccc1CN1CCCC(C)C1)NC1CCN(C(=O)C(C)C)C1.I. The number of carbonyl (C=O) groups excluding carboxylic acids is 1. The lowest BCUT2D eigenvalue weighted by atomic mass is 9.99. The third-order valence-electron chi connectivity index (χ3n) is 6.34. The lowest BCUT2D eigenvalue weighted by Gasteiger charge is -2.31. The fraction of sp³-hybridized carbons (Fsp3) is 0.680. The number of guanidine groups is 1. The first-order valence-corrected chi connectivity index (χ1v) is 12.1. The maximum atomic E-state index is 12.3. The molecule has 0 spiro atoms. The summed E-state index contributed by atoms with van der Waals surface area (Å²) in [5.74, 6) is 1.93. The molecule has 0 bridgehead atoms. The fourth-order valence-corrected chi connectivity index (χ4v) is 4.66. The van der Waals surface area contributed by atoms with Crippen molar-refractivity contribution < 1.29 is 4.79 Å². The molecule has 0 saturated carbocycles. The van der Waals surface area contributed by atoms with E-state index in [1.54, 1.807) is 0 Å². The largest absolute Gasteiger partial charge is 0.357 e. The van der Waals surface area contributed by atoms with Crippen molar-refractivity contribution in [3.8, 4) is 0 Å². The molecular weight excluding hydrogens is 513 g/mol. The molecule has 180 valence electrons. The molecule has 2 saturated heterocycles. The molecule has 2 fully saturated rings. The van der Waals surface area contributed by atoms with Gasteiger partial charge in [0, 0.05) is 44.7 Å². The van der Waals surface area contributed by atoms with Gasteiger partial charge in [-0.15, -0.1) is 24.0 Å². The molecule has 6 nitrogen and oxygen atoms in total. The summed E-state index contributed by atoms with van der Waals surface area (Å²) in [7, 11) is 0. The minimum Gasteiger partial charge on any atom is -0.357 e. The van der Waals surface area contributed by atoms with Gasteiger partial charge in [0.15, 0.2) is 5.96 Å². The van der Waals surface area contributed by atoms with Crippen molar-refractivity contribution >= 4 is 35.8 Å². The van der Waals surface area contributed by atoms with Crippen LogP contribution in [0.4, 0.5) is 0 Å². The standard InChI is InChI=1S/C25H41N5O.HI/c1-5-26-25(28-23-12-14-30(18-23)24(31)19(2)3)27-15-21-10-6-7-11-22(21)17-29-13-8-9-20(4)16-29;/h6-7,10-11,19-20,23H,5,8-9,12-18H2,1-4H3,(H2,26,27,28);1H. The molecule has 7 heteroatoms. The quantitative estimate of drug-likeness (QED) is 0.305. The number of halogens is 1. The zero-order chi connectivity index (χ0) is 22.2. The number of aliphatic imine (C=N–C) groups is 1. The summed E-state index contributed by atoms with van der Waals surface area (Å²) in [5.41, 5.74) is 2.67. The van der Waals surface area contributed by atoms with Gasteiger partial charge in [0.05, 0.1) is 6.54 Å². The normalized spacial score (nSPS) is 22.0. The Hall–Kier alpha value is -1.35. The van der Waals surface area contributed by atoms with Gasteiger partial charge in [-0.2, -0.15) is 0 Å². The van der Waals surface area contributed by atoms with Crippen LogP contribution in [0.15, 0.2) is 29.3 Å². The Balaban J connectivity index is 0.00000363. The Labute approximate surface area is 211 Å². The van der Waals surface area contributed by atoms with Crippen molar-refractivity contribution in [2.24, 2.45) is 16.8 Å². The summed E-state index contributed by atoms with van der Waals surface area (Å²) in [6.07, 6.45) is 3.61. The molecular formula is C25H42IN5O. The average molecular weight is 556 g/mol. The first-order valence-electron chi connectivity index (χ1n) is 12.1. The molecule has 2 N–H and O–H groups in total. The highest BCUT2D eigenvalue weighted by molar-refractivity contribution is 14.0. The maximum absolute atomic E-state index is 12.3. The van der Waals surface area contributed by atoms with E-state index in [9.17, 15) is 4.79 Å². The molecule has 1 aromatic carbocycles. The molecule has 2 unspecified atom stereocenters. The van der Waals surface area contributed by atoms with Crippen LogP contribution in [0.1, 0.15) is 58.1 Å². The fourth-order valence-electron chi connectivity index (χ4n) is 4.66. The molecule has 0 aromatic heterocycles. The summed E-state index contributed by atoms with van der Waals surface area (Å²) in [6.45, 7) is 14.8. The number of benzene rings is 1. The van der Waals surface area contributed by atoms with Gasteiger partial charge in [0.1, 0.15) is 0 Å². The van der Waals surface area contributed by atoms with E-state index in [1.165, 1.54) is 37.1 Å². The first-order chi connectivity index (χ1) is 15.0. The molecule has 2 atom stereocenters. The van der Waals surface area contributed by atoms with E-state index in [4.69, 9.17) is 4.99 Å². The van der Waals surface area contributed by atoms with Crippen LogP contribution in [0, 0.1) is 11.8 Å². The number of hydrogen-bond donors (Lipinski definition) is 2. The van der Waals surface area contributed by atoms with Gasteiger partial charge in [-0.05, 0) is 49.8 Å². The van der Waals surface area contributed by atoms with Crippen LogP contribution in [0.5, 0.6) is 0 Å². The summed E-state index contributed by atoms with van der Waals surface area (Å²) in [5, 5.41) is 6.93. The van der Waals surface area contributed by atoms with Crippen LogP contribution in [-0.2, 0) is 17.9 Å². The second-order valence-corrected chi connectivity index (χ2v) is 9.52. The Morgan fingerprint density at radius 3 is 2.59 bits per heavy atom. The Kier molecular flexibility index (Phi) is 11.2. The number of hydrogen-bond acceptors (Lipinski definition) is 3. The van der Waals surface area contributed by atoms with Crippen molar-refractivity contribution in [1.29, 1.82) is 0 Å². The van der Waals surface area contributed by atoms with Crippen molar-refractivity contribution in [2.45, 2.75) is 66.1 Å².